The Hall–Kier alpha value is -2.53. The van der Waals surface area contributed by atoms with Gasteiger partial charge in [-0.25, -0.2) is 4.39 Å². The molecule has 0 radical (unpaired) electrons. The van der Waals surface area contributed by atoms with Crippen LogP contribution < -0.4 is 15.2 Å². The first-order valence-electron chi connectivity index (χ1n) is 8.67. The Morgan fingerprint density at radius 2 is 1.88 bits per heavy atom. The maximum absolute atomic E-state index is 14.3. The number of hydrogen-bond acceptors (Lipinski definition) is 3. The van der Waals surface area contributed by atoms with Gasteiger partial charge in [0.2, 0.25) is 0 Å². The number of aromatic nitrogens is 1. The van der Waals surface area contributed by atoms with Crippen molar-refractivity contribution in [1.29, 1.82) is 0 Å². The number of benzene rings is 2. The monoisotopic (exact) mass is 340 g/mol. The summed E-state index contributed by atoms with van der Waals surface area (Å²) in [6.45, 7) is 1.77. The SMILES string of the molecule is NCCCCc1c(-c2ccc3c(c2)OCCO3)[nH]c2c(F)cccc12. The van der Waals surface area contributed by atoms with Crippen molar-refractivity contribution in [2.75, 3.05) is 19.8 Å². The Morgan fingerprint density at radius 1 is 1.04 bits per heavy atom. The van der Waals surface area contributed by atoms with Crippen LogP contribution in [0, 0.1) is 5.82 Å². The van der Waals surface area contributed by atoms with E-state index >= 15 is 0 Å². The second kappa shape index (κ2) is 6.76. The minimum Gasteiger partial charge on any atom is -0.486 e. The van der Waals surface area contributed by atoms with Gasteiger partial charge in [-0.3, -0.25) is 0 Å². The minimum absolute atomic E-state index is 0.235. The van der Waals surface area contributed by atoms with Crippen molar-refractivity contribution in [1.82, 2.24) is 4.98 Å². The predicted octanol–water partition coefficient (Wildman–Crippen LogP) is 4.03. The van der Waals surface area contributed by atoms with Crippen LogP contribution in [0.15, 0.2) is 36.4 Å². The standard InChI is InChI=1S/C20H21FN2O2/c21-16-6-3-5-15-14(4-1-2-9-22)19(23-20(15)16)13-7-8-17-18(12-13)25-11-10-24-17/h3,5-8,12,23H,1-2,4,9-11,22H2. The van der Waals surface area contributed by atoms with E-state index in [9.17, 15) is 4.39 Å². The molecule has 1 aliphatic rings. The number of nitrogens with one attached hydrogen (secondary N) is 1. The van der Waals surface area contributed by atoms with Crippen molar-refractivity contribution in [2.45, 2.75) is 19.3 Å². The van der Waals surface area contributed by atoms with Gasteiger partial charge in [0.05, 0.1) is 5.52 Å². The van der Waals surface area contributed by atoms with Gasteiger partial charge in [-0.05, 0) is 55.6 Å². The van der Waals surface area contributed by atoms with E-state index in [0.29, 0.717) is 25.3 Å². The number of halogens is 1. The Kier molecular flexibility index (Phi) is 4.32. The summed E-state index contributed by atoms with van der Waals surface area (Å²) in [7, 11) is 0. The van der Waals surface area contributed by atoms with Crippen molar-refractivity contribution in [2.24, 2.45) is 5.73 Å². The van der Waals surface area contributed by atoms with Crippen LogP contribution in [0.5, 0.6) is 11.5 Å². The molecule has 0 aliphatic carbocycles. The van der Waals surface area contributed by atoms with Crippen LogP contribution in [0.1, 0.15) is 18.4 Å². The maximum Gasteiger partial charge on any atom is 0.162 e. The topological polar surface area (TPSA) is 60.3 Å². The van der Waals surface area contributed by atoms with Gasteiger partial charge in [-0.15, -0.1) is 0 Å². The van der Waals surface area contributed by atoms with E-state index in [1.54, 1.807) is 6.07 Å². The molecule has 0 saturated heterocycles. The third-order valence-electron chi connectivity index (χ3n) is 4.60. The molecule has 0 saturated carbocycles. The summed E-state index contributed by atoms with van der Waals surface area (Å²) in [6, 6.07) is 11.1. The number of nitrogens with two attached hydrogens (primary N) is 1. The molecule has 0 atom stereocenters. The Morgan fingerprint density at radius 3 is 2.72 bits per heavy atom. The van der Waals surface area contributed by atoms with Crippen molar-refractivity contribution in [3.8, 4) is 22.8 Å². The van der Waals surface area contributed by atoms with E-state index in [4.69, 9.17) is 15.2 Å². The summed E-state index contributed by atoms with van der Waals surface area (Å²) >= 11 is 0. The highest BCUT2D eigenvalue weighted by atomic mass is 19.1. The third kappa shape index (κ3) is 2.96. The highest BCUT2D eigenvalue weighted by molar-refractivity contribution is 5.91. The molecular weight excluding hydrogens is 319 g/mol. The molecule has 4 nitrogen and oxygen atoms in total. The highest BCUT2D eigenvalue weighted by Crippen LogP contribution is 2.38. The van der Waals surface area contributed by atoms with Crippen molar-refractivity contribution in [3.63, 3.8) is 0 Å². The Balaban J connectivity index is 1.82. The fourth-order valence-corrected chi connectivity index (χ4v) is 3.39. The summed E-state index contributed by atoms with van der Waals surface area (Å²) in [5, 5.41) is 0.932. The number of H-pyrrole nitrogens is 1. The quantitative estimate of drug-likeness (QED) is 0.690. The Bertz CT molecular complexity index is 904. The van der Waals surface area contributed by atoms with Gasteiger partial charge in [0.1, 0.15) is 19.0 Å². The molecule has 2 aromatic carbocycles. The van der Waals surface area contributed by atoms with Gasteiger partial charge in [-0.2, -0.15) is 0 Å². The highest BCUT2D eigenvalue weighted by Gasteiger charge is 2.18. The largest absolute Gasteiger partial charge is 0.486 e. The molecule has 130 valence electrons. The first kappa shape index (κ1) is 16.0. The number of fused-ring (bicyclic) bond motifs is 2. The van der Waals surface area contributed by atoms with Crippen LogP contribution in [-0.4, -0.2) is 24.7 Å². The molecule has 2 heterocycles. The Labute approximate surface area is 145 Å². The molecule has 4 rings (SSSR count). The molecule has 3 N–H and O–H groups in total. The van der Waals surface area contributed by atoms with Gasteiger partial charge in [0.15, 0.2) is 11.5 Å². The van der Waals surface area contributed by atoms with Gasteiger partial charge >= 0.3 is 0 Å². The number of para-hydroxylation sites is 1. The number of unbranched alkanes of at least 4 members (excludes halogenated alkanes) is 1. The second-order valence-corrected chi connectivity index (χ2v) is 6.25. The molecule has 25 heavy (non-hydrogen) atoms. The van der Waals surface area contributed by atoms with E-state index in [1.807, 2.05) is 24.3 Å². The van der Waals surface area contributed by atoms with Crippen LogP contribution in [0.4, 0.5) is 4.39 Å². The summed E-state index contributed by atoms with van der Waals surface area (Å²) in [5.41, 5.74) is 9.22. The molecule has 0 bridgehead atoms. The lowest BCUT2D eigenvalue weighted by molar-refractivity contribution is 0.171. The van der Waals surface area contributed by atoms with Gasteiger partial charge in [-0.1, -0.05) is 12.1 Å². The fraction of sp³-hybridized carbons (Fsp3) is 0.300. The van der Waals surface area contributed by atoms with Crippen molar-refractivity contribution >= 4 is 10.9 Å². The van der Waals surface area contributed by atoms with Crippen LogP contribution in [0.25, 0.3) is 22.2 Å². The number of aromatic amines is 1. The second-order valence-electron chi connectivity index (χ2n) is 6.25. The third-order valence-corrected chi connectivity index (χ3v) is 4.60. The lowest BCUT2D eigenvalue weighted by Gasteiger charge is -2.19. The lowest BCUT2D eigenvalue weighted by atomic mass is 10.00. The van der Waals surface area contributed by atoms with Gasteiger partial charge in [0.25, 0.3) is 0 Å². The van der Waals surface area contributed by atoms with E-state index in [2.05, 4.69) is 4.98 Å². The molecule has 3 aromatic rings. The smallest absolute Gasteiger partial charge is 0.162 e. The first-order chi connectivity index (χ1) is 12.3. The van der Waals surface area contributed by atoms with Gasteiger partial charge < -0.3 is 20.2 Å². The van der Waals surface area contributed by atoms with Crippen LogP contribution >= 0.6 is 0 Å². The van der Waals surface area contributed by atoms with Crippen molar-refractivity contribution in [3.05, 3.63) is 47.8 Å². The molecule has 0 amide bonds. The zero-order valence-electron chi connectivity index (χ0n) is 14.0. The fourth-order valence-electron chi connectivity index (χ4n) is 3.39. The average Bonchev–Trinajstić information content (AvgIpc) is 3.02. The molecular formula is C20H21FN2O2. The molecule has 0 fully saturated rings. The zero-order valence-corrected chi connectivity index (χ0v) is 14.0. The van der Waals surface area contributed by atoms with Crippen molar-refractivity contribution < 1.29 is 13.9 Å². The molecule has 0 unspecified atom stereocenters. The molecule has 0 spiro atoms. The normalized spacial score (nSPS) is 13.4. The number of ether oxygens (including phenoxy) is 2. The summed E-state index contributed by atoms with van der Waals surface area (Å²) in [6.07, 6.45) is 2.77. The zero-order chi connectivity index (χ0) is 17.2. The number of hydrogen-bond donors (Lipinski definition) is 2. The molecule has 5 heteroatoms. The van der Waals surface area contributed by atoms with E-state index in [-0.39, 0.29) is 5.82 Å². The summed E-state index contributed by atoms with van der Waals surface area (Å²) in [4.78, 5) is 3.28. The van der Waals surface area contributed by atoms with E-state index in [1.165, 1.54) is 6.07 Å². The maximum atomic E-state index is 14.3. The summed E-state index contributed by atoms with van der Waals surface area (Å²) in [5.74, 6) is 1.25. The minimum atomic E-state index is -0.235. The summed E-state index contributed by atoms with van der Waals surface area (Å²) < 4.78 is 25.5. The van der Waals surface area contributed by atoms with Crippen LogP contribution in [0.3, 0.4) is 0 Å². The van der Waals surface area contributed by atoms with E-state index in [0.717, 1.165) is 53.0 Å². The first-order valence-corrected chi connectivity index (χ1v) is 8.67. The number of rotatable bonds is 5. The van der Waals surface area contributed by atoms with Crippen LogP contribution in [-0.2, 0) is 6.42 Å². The number of aryl methyl sites for hydroxylation is 1. The molecule has 1 aliphatic heterocycles. The van der Waals surface area contributed by atoms with Crippen LogP contribution in [0.2, 0.25) is 0 Å². The van der Waals surface area contributed by atoms with Gasteiger partial charge in [0, 0.05) is 16.6 Å². The lowest BCUT2D eigenvalue weighted by Crippen LogP contribution is -2.15. The predicted molar refractivity (Wildman–Crippen MR) is 96.7 cm³/mol. The average molecular weight is 340 g/mol. The van der Waals surface area contributed by atoms with E-state index < -0.39 is 0 Å². The molecule has 1 aromatic heterocycles.